The van der Waals surface area contributed by atoms with Gasteiger partial charge in [0.2, 0.25) is 0 Å². The minimum Gasteiger partial charge on any atom is -0.469 e. The number of hydrogen-bond donors (Lipinski definition) is 0. The predicted molar refractivity (Wildman–Crippen MR) is 147 cm³/mol. The van der Waals surface area contributed by atoms with Crippen molar-refractivity contribution in [2.75, 3.05) is 7.11 Å². The van der Waals surface area contributed by atoms with Gasteiger partial charge in [0.25, 0.3) is 0 Å². The topological polar surface area (TPSA) is 78.9 Å². The van der Waals surface area contributed by atoms with E-state index >= 15 is 0 Å². The van der Waals surface area contributed by atoms with Gasteiger partial charge in [-0.1, -0.05) is 61.5 Å². The van der Waals surface area contributed by atoms with Gasteiger partial charge in [0.05, 0.1) is 17.9 Å². The number of carbonyl (C=O) groups excluding carboxylic acids is 3. The molecule has 198 valence electrons. The first-order valence-corrected chi connectivity index (χ1v) is 12.5. The highest BCUT2D eigenvalue weighted by Gasteiger charge is 2.42. The van der Waals surface area contributed by atoms with Crippen LogP contribution in [-0.4, -0.2) is 25.0 Å². The first-order chi connectivity index (χ1) is 18.1. The SMILES string of the molecule is CCC(C)(CC(C)(C)C(=O)Oc1ccc(OC(=O)/C=C/c2ccc(-c3ccccc3)cc2)cc1)C(=O)OC. The third-order valence-corrected chi connectivity index (χ3v) is 6.53. The molecule has 0 fully saturated rings. The highest BCUT2D eigenvalue weighted by molar-refractivity contribution is 5.89. The van der Waals surface area contributed by atoms with Gasteiger partial charge in [0.1, 0.15) is 11.5 Å². The number of hydrogen-bond acceptors (Lipinski definition) is 6. The molecular weight excluding hydrogens is 480 g/mol. The third-order valence-electron chi connectivity index (χ3n) is 6.53. The van der Waals surface area contributed by atoms with E-state index < -0.39 is 22.8 Å². The molecule has 0 bridgehead atoms. The summed E-state index contributed by atoms with van der Waals surface area (Å²) in [6, 6.07) is 24.1. The Morgan fingerprint density at radius 1 is 0.737 bits per heavy atom. The molecule has 0 heterocycles. The number of esters is 3. The van der Waals surface area contributed by atoms with Crippen LogP contribution in [0.3, 0.4) is 0 Å². The summed E-state index contributed by atoms with van der Waals surface area (Å²) in [7, 11) is 1.34. The van der Waals surface area contributed by atoms with Gasteiger partial charge in [0, 0.05) is 6.08 Å². The Morgan fingerprint density at radius 2 is 1.29 bits per heavy atom. The zero-order chi connectivity index (χ0) is 27.8. The molecule has 0 aliphatic carbocycles. The van der Waals surface area contributed by atoms with Gasteiger partial charge in [-0.25, -0.2) is 4.79 Å². The van der Waals surface area contributed by atoms with Crippen LogP contribution in [0.1, 0.15) is 46.1 Å². The highest BCUT2D eigenvalue weighted by atomic mass is 16.5. The maximum Gasteiger partial charge on any atom is 0.336 e. The molecule has 0 aromatic heterocycles. The first-order valence-electron chi connectivity index (χ1n) is 12.5. The summed E-state index contributed by atoms with van der Waals surface area (Å²) in [5.41, 5.74) is 1.37. The zero-order valence-corrected chi connectivity index (χ0v) is 22.5. The molecule has 1 unspecified atom stereocenters. The molecule has 0 radical (unpaired) electrons. The number of benzene rings is 3. The largest absolute Gasteiger partial charge is 0.469 e. The van der Waals surface area contributed by atoms with Crippen LogP contribution in [0.4, 0.5) is 0 Å². The smallest absolute Gasteiger partial charge is 0.336 e. The second kappa shape index (κ2) is 12.4. The molecule has 1 atom stereocenters. The third kappa shape index (κ3) is 7.42. The van der Waals surface area contributed by atoms with Gasteiger partial charge in [-0.15, -0.1) is 0 Å². The van der Waals surface area contributed by atoms with Gasteiger partial charge in [-0.2, -0.15) is 0 Å². The molecule has 6 nitrogen and oxygen atoms in total. The summed E-state index contributed by atoms with van der Waals surface area (Å²) < 4.78 is 15.8. The summed E-state index contributed by atoms with van der Waals surface area (Å²) in [4.78, 5) is 37.4. The van der Waals surface area contributed by atoms with Crippen molar-refractivity contribution < 1.29 is 28.6 Å². The molecule has 3 rings (SSSR count). The lowest BCUT2D eigenvalue weighted by Gasteiger charge is -2.33. The lowest BCUT2D eigenvalue weighted by Crippen LogP contribution is -2.39. The van der Waals surface area contributed by atoms with E-state index in [1.54, 1.807) is 51.1 Å². The lowest BCUT2D eigenvalue weighted by molar-refractivity contribution is -0.157. The normalized spacial score (nSPS) is 13.0. The number of rotatable bonds is 10. The van der Waals surface area contributed by atoms with Crippen molar-refractivity contribution in [3.63, 3.8) is 0 Å². The van der Waals surface area contributed by atoms with Crippen LogP contribution in [0.2, 0.25) is 0 Å². The molecule has 6 heteroatoms. The molecule has 0 aliphatic heterocycles. The standard InChI is InChI=1S/C32H34O6/c1-6-32(4,30(35)36-5)22-31(2,3)29(34)38-27-19-17-26(18-20-27)37-28(33)21-14-23-12-15-25(16-13-23)24-10-8-7-9-11-24/h7-21H,6,22H2,1-5H3/b21-14+. The van der Waals surface area contributed by atoms with Crippen molar-refractivity contribution in [1.82, 2.24) is 0 Å². The van der Waals surface area contributed by atoms with Crippen LogP contribution in [0, 0.1) is 10.8 Å². The molecule has 0 saturated carbocycles. The maximum absolute atomic E-state index is 12.9. The summed E-state index contributed by atoms with van der Waals surface area (Å²) >= 11 is 0. The van der Waals surface area contributed by atoms with Crippen molar-refractivity contribution >= 4 is 24.0 Å². The first kappa shape index (κ1) is 28.4. The van der Waals surface area contributed by atoms with Gasteiger partial charge in [-0.05, 0) is 80.6 Å². The van der Waals surface area contributed by atoms with E-state index in [-0.39, 0.29) is 12.4 Å². The van der Waals surface area contributed by atoms with Crippen molar-refractivity contribution in [2.24, 2.45) is 10.8 Å². The van der Waals surface area contributed by atoms with Crippen molar-refractivity contribution in [3.8, 4) is 22.6 Å². The lowest BCUT2D eigenvalue weighted by atomic mass is 9.72. The van der Waals surface area contributed by atoms with Gasteiger partial charge in [-0.3, -0.25) is 9.59 Å². The minimum atomic E-state index is -0.922. The highest BCUT2D eigenvalue weighted by Crippen LogP contribution is 2.38. The van der Waals surface area contributed by atoms with Crippen LogP contribution >= 0.6 is 0 Å². The molecule has 3 aromatic carbocycles. The molecule has 0 saturated heterocycles. The fourth-order valence-corrected chi connectivity index (χ4v) is 4.19. The molecule has 38 heavy (non-hydrogen) atoms. The Hall–Kier alpha value is -4.19. The van der Waals surface area contributed by atoms with E-state index in [1.807, 2.05) is 61.5 Å². The van der Waals surface area contributed by atoms with Crippen LogP contribution < -0.4 is 9.47 Å². The Labute approximate surface area is 224 Å². The summed E-state index contributed by atoms with van der Waals surface area (Å²) in [6.07, 6.45) is 3.86. The van der Waals surface area contributed by atoms with Crippen molar-refractivity contribution in [1.29, 1.82) is 0 Å². The predicted octanol–water partition coefficient (Wildman–Crippen LogP) is 6.88. The molecule has 0 N–H and O–H groups in total. The Morgan fingerprint density at radius 3 is 1.84 bits per heavy atom. The molecule has 3 aromatic rings. The van der Waals surface area contributed by atoms with E-state index in [1.165, 1.54) is 13.2 Å². The van der Waals surface area contributed by atoms with Crippen molar-refractivity contribution in [3.05, 3.63) is 90.5 Å². The van der Waals surface area contributed by atoms with Gasteiger partial charge in [0.15, 0.2) is 0 Å². The number of ether oxygens (including phenoxy) is 3. The second-order valence-corrected chi connectivity index (χ2v) is 10.1. The average Bonchev–Trinajstić information content (AvgIpc) is 2.93. The molecular formula is C32H34O6. The average molecular weight is 515 g/mol. The van der Waals surface area contributed by atoms with E-state index in [0.717, 1.165) is 16.7 Å². The molecule has 0 aliphatic rings. The maximum atomic E-state index is 12.9. The van der Waals surface area contributed by atoms with Crippen molar-refractivity contribution in [2.45, 2.75) is 40.5 Å². The van der Waals surface area contributed by atoms with E-state index in [9.17, 15) is 14.4 Å². The van der Waals surface area contributed by atoms with Crippen LogP contribution in [-0.2, 0) is 19.1 Å². The minimum absolute atomic E-state index is 0.277. The quantitative estimate of drug-likeness (QED) is 0.167. The Kier molecular flexibility index (Phi) is 9.24. The van der Waals surface area contributed by atoms with E-state index in [2.05, 4.69) is 0 Å². The fraction of sp³-hybridized carbons (Fsp3) is 0.281. The van der Waals surface area contributed by atoms with Gasteiger partial charge >= 0.3 is 17.9 Å². The molecule has 0 amide bonds. The molecule has 0 spiro atoms. The Balaban J connectivity index is 1.55. The summed E-state index contributed by atoms with van der Waals surface area (Å²) in [5.74, 6) is -0.711. The van der Waals surface area contributed by atoms with E-state index in [0.29, 0.717) is 17.9 Å². The Bertz CT molecular complexity index is 1270. The zero-order valence-electron chi connectivity index (χ0n) is 22.5. The van der Waals surface area contributed by atoms with Gasteiger partial charge < -0.3 is 14.2 Å². The van der Waals surface area contributed by atoms with Crippen LogP contribution in [0.5, 0.6) is 11.5 Å². The summed E-state index contributed by atoms with van der Waals surface area (Å²) in [6.45, 7) is 7.15. The second-order valence-electron chi connectivity index (χ2n) is 10.1. The number of methoxy groups -OCH3 is 1. The van der Waals surface area contributed by atoms with Crippen LogP contribution in [0.15, 0.2) is 84.9 Å². The van der Waals surface area contributed by atoms with E-state index in [4.69, 9.17) is 14.2 Å². The monoisotopic (exact) mass is 514 g/mol. The number of carbonyl (C=O) groups is 3. The fourth-order valence-electron chi connectivity index (χ4n) is 4.19. The van der Waals surface area contributed by atoms with Crippen LogP contribution in [0.25, 0.3) is 17.2 Å². The summed E-state index contributed by atoms with van der Waals surface area (Å²) in [5, 5.41) is 0.